The van der Waals surface area contributed by atoms with Gasteiger partial charge in [-0.1, -0.05) is 32.0 Å². The van der Waals surface area contributed by atoms with Crippen LogP contribution in [0.3, 0.4) is 0 Å². The number of para-hydroxylation sites is 1. The van der Waals surface area contributed by atoms with E-state index in [9.17, 15) is 9.59 Å². The second kappa shape index (κ2) is 9.76. The highest BCUT2D eigenvalue weighted by Gasteiger charge is 2.14. The molecule has 0 saturated carbocycles. The molecule has 0 aliphatic rings. The smallest absolute Gasteiger partial charge is 0.338 e. The number of ether oxygens (including phenoxy) is 2. The summed E-state index contributed by atoms with van der Waals surface area (Å²) in [6.07, 6.45) is 1.03. The summed E-state index contributed by atoms with van der Waals surface area (Å²) in [5, 5.41) is 2.83. The number of carbonyl (C=O) groups is 2. The van der Waals surface area contributed by atoms with Gasteiger partial charge in [0.2, 0.25) is 0 Å². The van der Waals surface area contributed by atoms with Crippen molar-refractivity contribution < 1.29 is 19.1 Å². The first-order chi connectivity index (χ1) is 12.9. The van der Waals surface area contributed by atoms with E-state index in [1.54, 1.807) is 24.3 Å². The molecule has 0 heterocycles. The number of nitrogens with one attached hydrogen (secondary N) is 1. The van der Waals surface area contributed by atoms with Crippen LogP contribution in [0.15, 0.2) is 48.5 Å². The quantitative estimate of drug-likeness (QED) is 0.680. The van der Waals surface area contributed by atoms with Crippen molar-refractivity contribution in [3.8, 4) is 5.75 Å². The largest absolute Gasteiger partial charge is 0.491 e. The van der Waals surface area contributed by atoms with E-state index in [2.05, 4.69) is 19.2 Å². The molecule has 2 aromatic carbocycles. The van der Waals surface area contributed by atoms with E-state index in [1.165, 1.54) is 0 Å². The molecule has 0 radical (unpaired) electrons. The first-order valence-electron chi connectivity index (χ1n) is 9.23. The lowest BCUT2D eigenvalue weighted by Gasteiger charge is -2.15. The molecular formula is C22H27NO4. The second-order valence-electron chi connectivity index (χ2n) is 6.71. The van der Waals surface area contributed by atoms with E-state index >= 15 is 0 Å². The predicted octanol–water partition coefficient (Wildman–Crippen LogP) is 4.78. The number of amides is 1. The van der Waals surface area contributed by atoms with Gasteiger partial charge in [-0.25, -0.2) is 4.79 Å². The van der Waals surface area contributed by atoms with Crippen LogP contribution in [-0.4, -0.2) is 24.6 Å². The van der Waals surface area contributed by atoms with Crippen LogP contribution in [-0.2, 0) is 9.53 Å². The van der Waals surface area contributed by atoms with Gasteiger partial charge in [-0.15, -0.1) is 0 Å². The zero-order valence-corrected chi connectivity index (χ0v) is 16.3. The molecule has 0 unspecified atom stereocenters. The zero-order valence-electron chi connectivity index (χ0n) is 16.3. The number of esters is 1. The molecule has 0 aliphatic heterocycles. The predicted molar refractivity (Wildman–Crippen MR) is 106 cm³/mol. The number of carbonyl (C=O) groups excluding carboxylic acids is 2. The number of hydrogen-bond donors (Lipinski definition) is 1. The Balaban J connectivity index is 1.91. The maximum Gasteiger partial charge on any atom is 0.338 e. The fourth-order valence-corrected chi connectivity index (χ4v) is 2.60. The summed E-state index contributed by atoms with van der Waals surface area (Å²) in [7, 11) is 0. The number of rotatable bonds is 8. The Bertz CT molecular complexity index is 768. The number of hydrogen-bond acceptors (Lipinski definition) is 4. The third kappa shape index (κ3) is 6.13. The topological polar surface area (TPSA) is 64.6 Å². The average molecular weight is 369 g/mol. The van der Waals surface area contributed by atoms with Crippen LogP contribution in [0.25, 0.3) is 0 Å². The molecule has 0 fully saturated rings. The Morgan fingerprint density at radius 1 is 1.00 bits per heavy atom. The Kier molecular flexibility index (Phi) is 7.41. The summed E-state index contributed by atoms with van der Waals surface area (Å²) in [6, 6.07) is 14.3. The molecule has 5 heteroatoms. The summed E-state index contributed by atoms with van der Waals surface area (Å²) in [4.78, 5) is 24.3. The standard InChI is InChI=1S/C22H27NO4/c1-5-16(4)19-8-6-7-9-20(19)23-21(24)14-26-22(25)17-10-12-18(13-11-17)27-15(2)3/h6-13,15-16H,5,14H2,1-4H3,(H,23,24)/t16-/m1/s1. The Labute approximate surface area is 160 Å². The highest BCUT2D eigenvalue weighted by molar-refractivity contribution is 5.96. The lowest BCUT2D eigenvalue weighted by Crippen LogP contribution is -2.21. The van der Waals surface area contributed by atoms with Crippen molar-refractivity contribution in [1.29, 1.82) is 0 Å². The third-order valence-corrected chi connectivity index (χ3v) is 4.17. The van der Waals surface area contributed by atoms with Gasteiger partial charge in [-0.2, -0.15) is 0 Å². The van der Waals surface area contributed by atoms with Crippen molar-refractivity contribution >= 4 is 17.6 Å². The molecule has 27 heavy (non-hydrogen) atoms. The van der Waals surface area contributed by atoms with Gasteiger partial charge in [0.15, 0.2) is 6.61 Å². The monoisotopic (exact) mass is 369 g/mol. The van der Waals surface area contributed by atoms with E-state index in [1.807, 2.05) is 38.1 Å². The molecule has 0 aliphatic carbocycles. The molecule has 0 spiro atoms. The summed E-state index contributed by atoms with van der Waals surface area (Å²) in [5.74, 6) is 0.104. The van der Waals surface area contributed by atoms with E-state index in [0.717, 1.165) is 17.7 Å². The Morgan fingerprint density at radius 3 is 2.30 bits per heavy atom. The summed E-state index contributed by atoms with van der Waals surface area (Å²) in [5.41, 5.74) is 2.20. The minimum Gasteiger partial charge on any atom is -0.491 e. The Hall–Kier alpha value is -2.82. The van der Waals surface area contributed by atoms with Gasteiger partial charge in [0, 0.05) is 5.69 Å². The van der Waals surface area contributed by atoms with Crippen molar-refractivity contribution in [3.63, 3.8) is 0 Å². The van der Waals surface area contributed by atoms with Gasteiger partial charge < -0.3 is 14.8 Å². The minimum atomic E-state index is -0.545. The van der Waals surface area contributed by atoms with Crippen LogP contribution in [0.2, 0.25) is 0 Å². The molecular weight excluding hydrogens is 342 g/mol. The van der Waals surface area contributed by atoms with Gasteiger partial charge in [-0.3, -0.25) is 4.79 Å². The van der Waals surface area contributed by atoms with Crippen molar-refractivity contribution in [3.05, 3.63) is 59.7 Å². The van der Waals surface area contributed by atoms with E-state index < -0.39 is 5.97 Å². The first-order valence-corrected chi connectivity index (χ1v) is 9.23. The van der Waals surface area contributed by atoms with Gasteiger partial charge in [0.25, 0.3) is 5.91 Å². The fraction of sp³-hybridized carbons (Fsp3) is 0.364. The maximum absolute atomic E-state index is 12.2. The van der Waals surface area contributed by atoms with Crippen molar-refractivity contribution in [2.45, 2.75) is 46.1 Å². The lowest BCUT2D eigenvalue weighted by molar-refractivity contribution is -0.119. The highest BCUT2D eigenvalue weighted by Crippen LogP contribution is 2.26. The maximum atomic E-state index is 12.2. The van der Waals surface area contributed by atoms with Gasteiger partial charge >= 0.3 is 5.97 Å². The molecule has 2 rings (SSSR count). The fourth-order valence-electron chi connectivity index (χ4n) is 2.60. The summed E-state index contributed by atoms with van der Waals surface area (Å²) < 4.78 is 10.7. The molecule has 5 nitrogen and oxygen atoms in total. The number of benzene rings is 2. The van der Waals surface area contributed by atoms with Gasteiger partial charge in [0.1, 0.15) is 5.75 Å². The average Bonchev–Trinajstić information content (AvgIpc) is 2.66. The van der Waals surface area contributed by atoms with Gasteiger partial charge in [0.05, 0.1) is 11.7 Å². The van der Waals surface area contributed by atoms with Crippen LogP contribution in [0.4, 0.5) is 5.69 Å². The lowest BCUT2D eigenvalue weighted by atomic mass is 9.97. The molecule has 0 saturated heterocycles. The van der Waals surface area contributed by atoms with Crippen LogP contribution in [0, 0.1) is 0 Å². The normalized spacial score (nSPS) is 11.7. The van der Waals surface area contributed by atoms with E-state index in [-0.39, 0.29) is 18.6 Å². The van der Waals surface area contributed by atoms with Crippen molar-refractivity contribution in [2.75, 3.05) is 11.9 Å². The van der Waals surface area contributed by atoms with E-state index in [4.69, 9.17) is 9.47 Å². The highest BCUT2D eigenvalue weighted by atomic mass is 16.5. The molecule has 144 valence electrons. The molecule has 1 atom stereocenters. The number of anilines is 1. The third-order valence-electron chi connectivity index (χ3n) is 4.17. The summed E-state index contributed by atoms with van der Waals surface area (Å²) >= 11 is 0. The first kappa shape index (κ1) is 20.5. The Morgan fingerprint density at radius 2 is 1.67 bits per heavy atom. The zero-order chi connectivity index (χ0) is 19.8. The van der Waals surface area contributed by atoms with Gasteiger partial charge in [-0.05, 0) is 62.1 Å². The van der Waals surface area contributed by atoms with Crippen LogP contribution < -0.4 is 10.1 Å². The second-order valence-corrected chi connectivity index (χ2v) is 6.71. The molecule has 1 N–H and O–H groups in total. The molecule has 0 bridgehead atoms. The van der Waals surface area contributed by atoms with Crippen molar-refractivity contribution in [1.82, 2.24) is 0 Å². The summed E-state index contributed by atoms with van der Waals surface area (Å²) in [6.45, 7) is 7.73. The van der Waals surface area contributed by atoms with E-state index in [0.29, 0.717) is 17.2 Å². The minimum absolute atomic E-state index is 0.0600. The van der Waals surface area contributed by atoms with Crippen LogP contribution in [0.1, 0.15) is 56.0 Å². The SMILES string of the molecule is CC[C@@H](C)c1ccccc1NC(=O)COC(=O)c1ccc(OC(C)C)cc1. The molecule has 2 aromatic rings. The molecule has 1 amide bonds. The molecule has 0 aromatic heterocycles. The van der Waals surface area contributed by atoms with Crippen LogP contribution in [0.5, 0.6) is 5.75 Å². The van der Waals surface area contributed by atoms with Crippen LogP contribution >= 0.6 is 0 Å². The van der Waals surface area contributed by atoms with Crippen molar-refractivity contribution in [2.24, 2.45) is 0 Å².